The molecule has 0 fully saturated rings. The van der Waals surface area contributed by atoms with Crippen LogP contribution in [0.4, 0.5) is 13.5 Å². The standard InChI is InChI=1S/C9H10F2O.FH/c1-7-3-5-8(6-4-7)12-9(2,10)11;/h3-6H,1-2H3;1H. The molecule has 0 radical (unpaired) electrons. The van der Waals surface area contributed by atoms with Crippen LogP contribution in [0.5, 0.6) is 5.75 Å². The Morgan fingerprint density at radius 1 is 1.15 bits per heavy atom. The zero-order valence-corrected chi connectivity index (χ0v) is 7.38. The van der Waals surface area contributed by atoms with E-state index in [1.54, 1.807) is 12.1 Å². The van der Waals surface area contributed by atoms with E-state index in [1.165, 1.54) is 12.1 Å². The maximum absolute atomic E-state index is 12.3. The Balaban J connectivity index is 0.00000144. The molecule has 0 aliphatic carbocycles. The first-order valence-corrected chi connectivity index (χ1v) is 3.61. The van der Waals surface area contributed by atoms with Crippen molar-refractivity contribution in [3.8, 4) is 5.75 Å². The molecule has 1 nitrogen and oxygen atoms in total. The fraction of sp³-hybridized carbons (Fsp3) is 0.333. The molecule has 0 aliphatic rings. The average Bonchev–Trinajstić information content (AvgIpc) is 1.91. The monoisotopic (exact) mass is 192 g/mol. The molecule has 0 heterocycles. The molecule has 74 valence electrons. The van der Waals surface area contributed by atoms with Gasteiger partial charge in [-0.3, -0.25) is 4.70 Å². The van der Waals surface area contributed by atoms with Gasteiger partial charge in [-0.1, -0.05) is 17.7 Å². The van der Waals surface area contributed by atoms with Crippen molar-refractivity contribution in [3.05, 3.63) is 29.8 Å². The van der Waals surface area contributed by atoms with E-state index in [0.717, 1.165) is 5.56 Å². The minimum absolute atomic E-state index is 0. The Morgan fingerprint density at radius 3 is 2.00 bits per heavy atom. The maximum atomic E-state index is 12.3. The lowest BCUT2D eigenvalue weighted by Gasteiger charge is -2.12. The van der Waals surface area contributed by atoms with Gasteiger partial charge in [-0.25, -0.2) is 0 Å². The predicted octanol–water partition coefficient (Wildman–Crippen LogP) is 3.14. The molecule has 0 aliphatic heterocycles. The van der Waals surface area contributed by atoms with Crippen molar-refractivity contribution >= 4 is 0 Å². The van der Waals surface area contributed by atoms with Gasteiger partial charge in [0.1, 0.15) is 5.75 Å². The van der Waals surface area contributed by atoms with E-state index in [2.05, 4.69) is 4.74 Å². The van der Waals surface area contributed by atoms with Crippen molar-refractivity contribution in [1.82, 2.24) is 0 Å². The summed E-state index contributed by atoms with van der Waals surface area (Å²) in [5.74, 6) is 0.188. The Bertz CT molecular complexity index is 251. The van der Waals surface area contributed by atoms with Crippen molar-refractivity contribution in [2.75, 3.05) is 0 Å². The number of rotatable bonds is 2. The number of benzene rings is 1. The van der Waals surface area contributed by atoms with Crippen LogP contribution in [0.1, 0.15) is 12.5 Å². The van der Waals surface area contributed by atoms with E-state index in [1.807, 2.05) is 6.92 Å². The molecule has 0 N–H and O–H groups in total. The number of hydrogen-bond acceptors (Lipinski definition) is 1. The zero-order valence-electron chi connectivity index (χ0n) is 7.38. The van der Waals surface area contributed by atoms with Gasteiger partial charge in [0.05, 0.1) is 0 Å². The third kappa shape index (κ3) is 4.40. The molecular weight excluding hydrogens is 181 g/mol. The van der Waals surface area contributed by atoms with Crippen LogP contribution in [0.15, 0.2) is 24.3 Å². The molecule has 1 aromatic rings. The maximum Gasteiger partial charge on any atom is 0.394 e. The summed E-state index contributed by atoms with van der Waals surface area (Å²) in [4.78, 5) is 0. The molecule has 0 spiro atoms. The molecule has 4 heteroatoms. The number of alkyl halides is 2. The Morgan fingerprint density at radius 2 is 1.62 bits per heavy atom. The van der Waals surface area contributed by atoms with Crippen molar-refractivity contribution in [2.45, 2.75) is 20.0 Å². The van der Waals surface area contributed by atoms with E-state index in [-0.39, 0.29) is 10.5 Å². The first-order chi connectivity index (χ1) is 5.47. The highest BCUT2D eigenvalue weighted by Crippen LogP contribution is 2.20. The molecule has 1 aromatic carbocycles. The van der Waals surface area contributed by atoms with Crippen molar-refractivity contribution < 1.29 is 18.2 Å². The van der Waals surface area contributed by atoms with Crippen LogP contribution in [0.3, 0.4) is 0 Å². The van der Waals surface area contributed by atoms with Gasteiger partial charge in [-0.05, 0) is 19.1 Å². The van der Waals surface area contributed by atoms with Crippen LogP contribution in [0, 0.1) is 6.92 Å². The molecule has 0 saturated heterocycles. The van der Waals surface area contributed by atoms with Gasteiger partial charge in [0.2, 0.25) is 0 Å². The normalized spacial score (nSPS) is 10.5. The second kappa shape index (κ2) is 4.16. The van der Waals surface area contributed by atoms with Gasteiger partial charge in [-0.15, -0.1) is 0 Å². The topological polar surface area (TPSA) is 9.23 Å². The number of ether oxygens (including phenoxy) is 1. The summed E-state index contributed by atoms with van der Waals surface area (Å²) in [5.41, 5.74) is 1.02. The third-order valence-electron chi connectivity index (χ3n) is 1.32. The molecule has 0 aromatic heterocycles. The van der Waals surface area contributed by atoms with Crippen molar-refractivity contribution in [2.24, 2.45) is 0 Å². The van der Waals surface area contributed by atoms with E-state index < -0.39 is 6.11 Å². The third-order valence-corrected chi connectivity index (χ3v) is 1.32. The number of hydrogen-bond donors (Lipinski definition) is 0. The van der Waals surface area contributed by atoms with E-state index >= 15 is 0 Å². The van der Waals surface area contributed by atoms with Crippen LogP contribution in [0.25, 0.3) is 0 Å². The smallest absolute Gasteiger partial charge is 0.394 e. The van der Waals surface area contributed by atoms with Crippen molar-refractivity contribution in [1.29, 1.82) is 0 Å². The van der Waals surface area contributed by atoms with E-state index in [0.29, 0.717) is 6.92 Å². The first kappa shape index (κ1) is 11.8. The Hall–Kier alpha value is -1.19. The summed E-state index contributed by atoms with van der Waals surface area (Å²) in [6.45, 7) is 2.60. The minimum atomic E-state index is -3.10. The van der Waals surface area contributed by atoms with Crippen LogP contribution < -0.4 is 4.74 Å². The quantitative estimate of drug-likeness (QED) is 0.699. The van der Waals surface area contributed by atoms with Gasteiger partial charge in [0.15, 0.2) is 0 Å². The van der Waals surface area contributed by atoms with Crippen LogP contribution in [-0.2, 0) is 0 Å². The van der Waals surface area contributed by atoms with Crippen LogP contribution >= 0.6 is 0 Å². The zero-order chi connectivity index (χ0) is 9.19. The summed E-state index contributed by atoms with van der Waals surface area (Å²) in [6, 6.07) is 6.49. The Kier molecular flexibility index (Phi) is 3.78. The minimum Gasteiger partial charge on any atom is -0.433 e. The largest absolute Gasteiger partial charge is 0.433 e. The lowest BCUT2D eigenvalue weighted by atomic mass is 10.2. The molecular formula is C9H11F3O. The molecule has 0 bridgehead atoms. The average molecular weight is 192 g/mol. The van der Waals surface area contributed by atoms with E-state index in [9.17, 15) is 8.78 Å². The summed E-state index contributed by atoms with van der Waals surface area (Å²) in [6.07, 6.45) is -3.10. The van der Waals surface area contributed by atoms with Crippen LogP contribution in [0.2, 0.25) is 0 Å². The van der Waals surface area contributed by atoms with Gasteiger partial charge in [-0.2, -0.15) is 8.78 Å². The molecule has 0 amide bonds. The van der Waals surface area contributed by atoms with Gasteiger partial charge in [0.25, 0.3) is 0 Å². The molecule has 1 rings (SSSR count). The van der Waals surface area contributed by atoms with E-state index in [4.69, 9.17) is 0 Å². The predicted molar refractivity (Wildman–Crippen MR) is 44.9 cm³/mol. The van der Waals surface area contributed by atoms with Crippen molar-refractivity contribution in [3.63, 3.8) is 0 Å². The second-order valence-corrected chi connectivity index (χ2v) is 2.72. The summed E-state index contributed by atoms with van der Waals surface area (Å²) >= 11 is 0. The van der Waals surface area contributed by atoms with Crippen LogP contribution in [-0.4, -0.2) is 6.11 Å². The highest BCUT2D eigenvalue weighted by atomic mass is 19.3. The highest BCUT2D eigenvalue weighted by molar-refractivity contribution is 5.26. The first-order valence-electron chi connectivity index (χ1n) is 3.61. The second-order valence-electron chi connectivity index (χ2n) is 2.72. The lowest BCUT2D eigenvalue weighted by molar-refractivity contribution is -0.158. The summed E-state index contributed by atoms with van der Waals surface area (Å²) < 4.78 is 28.9. The SMILES string of the molecule is Cc1ccc(OC(C)(F)F)cc1.F. The molecule has 0 atom stereocenters. The fourth-order valence-electron chi connectivity index (χ4n) is 0.813. The Labute approximate surface area is 74.7 Å². The molecule has 0 saturated carbocycles. The summed E-state index contributed by atoms with van der Waals surface area (Å²) in [5, 5.41) is 0. The number of aryl methyl sites for hydroxylation is 1. The molecule has 0 unspecified atom stereocenters. The fourth-order valence-corrected chi connectivity index (χ4v) is 0.813. The lowest BCUT2D eigenvalue weighted by Crippen LogP contribution is -2.18. The molecule has 13 heavy (non-hydrogen) atoms. The number of halogens is 3. The van der Waals surface area contributed by atoms with Gasteiger partial charge < -0.3 is 4.74 Å². The van der Waals surface area contributed by atoms with Gasteiger partial charge in [0, 0.05) is 6.92 Å². The summed E-state index contributed by atoms with van der Waals surface area (Å²) in [7, 11) is 0. The highest BCUT2D eigenvalue weighted by Gasteiger charge is 2.22. The van der Waals surface area contributed by atoms with Gasteiger partial charge >= 0.3 is 6.11 Å².